The molecule has 1 aliphatic rings. The molecule has 2 atom stereocenters. The molecular weight excluding hydrogens is 270 g/mol. The minimum absolute atomic E-state index is 0.0827. The van der Waals surface area contributed by atoms with Crippen molar-refractivity contribution in [3.8, 4) is 0 Å². The van der Waals surface area contributed by atoms with Crippen molar-refractivity contribution < 1.29 is 9.90 Å². The summed E-state index contributed by atoms with van der Waals surface area (Å²) in [6.07, 6.45) is 0.704. The molecule has 0 radical (unpaired) electrons. The molecule has 1 fully saturated rings. The molecule has 2 N–H and O–H groups in total. The summed E-state index contributed by atoms with van der Waals surface area (Å²) in [5.41, 5.74) is 1.10. The first kappa shape index (κ1) is 11.6. The van der Waals surface area contributed by atoms with E-state index in [-0.39, 0.29) is 11.8 Å². The molecule has 0 aromatic heterocycles. The van der Waals surface area contributed by atoms with Crippen molar-refractivity contribution in [2.75, 3.05) is 13.1 Å². The van der Waals surface area contributed by atoms with Crippen LogP contribution in [0.15, 0.2) is 28.7 Å². The number of carboxylic acids is 1. The van der Waals surface area contributed by atoms with Gasteiger partial charge in [-0.3, -0.25) is 4.79 Å². The highest BCUT2D eigenvalue weighted by molar-refractivity contribution is 9.10. The molecule has 0 amide bonds. The van der Waals surface area contributed by atoms with Crippen LogP contribution in [0.2, 0.25) is 0 Å². The lowest BCUT2D eigenvalue weighted by Crippen LogP contribution is -2.38. The van der Waals surface area contributed by atoms with E-state index in [1.807, 2.05) is 24.3 Å². The van der Waals surface area contributed by atoms with Gasteiger partial charge in [-0.15, -0.1) is 0 Å². The summed E-state index contributed by atoms with van der Waals surface area (Å²) < 4.78 is 1.02. The fourth-order valence-corrected chi connectivity index (χ4v) is 2.48. The van der Waals surface area contributed by atoms with Gasteiger partial charge >= 0.3 is 5.97 Å². The molecule has 1 heterocycles. The average molecular weight is 284 g/mol. The highest BCUT2D eigenvalue weighted by Crippen LogP contribution is 2.30. The Balaban J connectivity index is 2.23. The maximum atomic E-state index is 11.2. The first-order chi connectivity index (χ1) is 7.68. The van der Waals surface area contributed by atoms with Crippen LogP contribution in [0.1, 0.15) is 17.9 Å². The van der Waals surface area contributed by atoms with Gasteiger partial charge in [0.1, 0.15) is 0 Å². The molecule has 86 valence electrons. The van der Waals surface area contributed by atoms with Crippen LogP contribution in [-0.4, -0.2) is 24.2 Å². The number of piperidine rings is 1. The van der Waals surface area contributed by atoms with Crippen molar-refractivity contribution in [3.63, 3.8) is 0 Å². The third-order valence-corrected chi connectivity index (χ3v) is 3.63. The maximum absolute atomic E-state index is 11.2. The third kappa shape index (κ3) is 2.44. The second kappa shape index (κ2) is 4.97. The fraction of sp³-hybridized carbons (Fsp3) is 0.417. The van der Waals surface area contributed by atoms with Crippen LogP contribution in [0.3, 0.4) is 0 Å². The van der Waals surface area contributed by atoms with E-state index >= 15 is 0 Å². The summed E-state index contributed by atoms with van der Waals surface area (Å²) in [6, 6.07) is 7.92. The van der Waals surface area contributed by atoms with Gasteiger partial charge in [0.05, 0.1) is 5.92 Å². The van der Waals surface area contributed by atoms with Crippen molar-refractivity contribution in [1.82, 2.24) is 5.32 Å². The summed E-state index contributed by atoms with van der Waals surface area (Å²) in [6.45, 7) is 1.54. The predicted molar refractivity (Wildman–Crippen MR) is 65.5 cm³/mol. The predicted octanol–water partition coefficient (Wildman–Crippen LogP) is 2.23. The van der Waals surface area contributed by atoms with E-state index in [2.05, 4.69) is 21.2 Å². The largest absolute Gasteiger partial charge is 0.481 e. The lowest BCUT2D eigenvalue weighted by molar-refractivity contribution is -0.143. The van der Waals surface area contributed by atoms with E-state index in [0.717, 1.165) is 23.1 Å². The average Bonchev–Trinajstić information content (AvgIpc) is 2.30. The van der Waals surface area contributed by atoms with Gasteiger partial charge in [0.2, 0.25) is 0 Å². The van der Waals surface area contributed by atoms with Gasteiger partial charge in [-0.1, -0.05) is 28.1 Å². The molecule has 0 bridgehead atoms. The van der Waals surface area contributed by atoms with Crippen molar-refractivity contribution in [2.24, 2.45) is 5.92 Å². The first-order valence-corrected chi connectivity index (χ1v) is 6.17. The van der Waals surface area contributed by atoms with Crippen LogP contribution < -0.4 is 5.32 Å². The van der Waals surface area contributed by atoms with Gasteiger partial charge < -0.3 is 10.4 Å². The number of benzene rings is 1. The molecular formula is C12H14BrNO2. The standard InChI is InChI=1S/C12H14BrNO2/c13-9-3-1-8(2-4-9)11-7-14-6-5-10(11)12(15)16/h1-4,10-11,14H,5-7H2,(H,15,16). The molecule has 1 aromatic rings. The summed E-state index contributed by atoms with van der Waals surface area (Å²) in [5, 5.41) is 12.4. The topological polar surface area (TPSA) is 49.3 Å². The van der Waals surface area contributed by atoms with Gasteiger partial charge in [0, 0.05) is 16.9 Å². The van der Waals surface area contributed by atoms with Gasteiger partial charge in [-0.25, -0.2) is 0 Å². The van der Waals surface area contributed by atoms with E-state index in [9.17, 15) is 9.90 Å². The maximum Gasteiger partial charge on any atom is 0.307 e. The van der Waals surface area contributed by atoms with Crippen LogP contribution in [0.25, 0.3) is 0 Å². The zero-order valence-corrected chi connectivity index (χ0v) is 10.4. The number of hydrogen-bond donors (Lipinski definition) is 2. The Morgan fingerprint density at radius 1 is 1.38 bits per heavy atom. The van der Waals surface area contributed by atoms with E-state index in [1.165, 1.54) is 0 Å². The number of nitrogens with one attached hydrogen (secondary N) is 1. The zero-order chi connectivity index (χ0) is 11.5. The molecule has 2 unspecified atom stereocenters. The van der Waals surface area contributed by atoms with Gasteiger partial charge in [-0.2, -0.15) is 0 Å². The number of carbonyl (C=O) groups is 1. The molecule has 1 aliphatic heterocycles. The Hall–Kier alpha value is -0.870. The first-order valence-electron chi connectivity index (χ1n) is 5.37. The highest BCUT2D eigenvalue weighted by Gasteiger charge is 2.31. The second-order valence-corrected chi connectivity index (χ2v) is 5.01. The summed E-state index contributed by atoms with van der Waals surface area (Å²) in [4.78, 5) is 11.2. The van der Waals surface area contributed by atoms with Crippen LogP contribution >= 0.6 is 15.9 Å². The summed E-state index contributed by atoms with van der Waals surface area (Å²) in [7, 11) is 0. The van der Waals surface area contributed by atoms with Crippen LogP contribution in [0.5, 0.6) is 0 Å². The van der Waals surface area contributed by atoms with Gasteiger partial charge in [0.25, 0.3) is 0 Å². The molecule has 0 saturated carbocycles. The smallest absolute Gasteiger partial charge is 0.307 e. The summed E-state index contributed by atoms with van der Waals surface area (Å²) >= 11 is 3.38. The molecule has 4 heteroatoms. The lowest BCUT2D eigenvalue weighted by Gasteiger charge is -2.29. The minimum Gasteiger partial charge on any atom is -0.481 e. The van der Waals surface area contributed by atoms with Crippen molar-refractivity contribution >= 4 is 21.9 Å². The third-order valence-electron chi connectivity index (χ3n) is 3.10. The molecule has 1 aromatic carbocycles. The molecule has 0 spiro atoms. The zero-order valence-electron chi connectivity index (χ0n) is 8.82. The highest BCUT2D eigenvalue weighted by atomic mass is 79.9. The fourth-order valence-electron chi connectivity index (χ4n) is 2.21. The Kier molecular flexibility index (Phi) is 3.61. The SMILES string of the molecule is O=C(O)C1CCNCC1c1ccc(Br)cc1. The van der Waals surface area contributed by atoms with Crippen LogP contribution in [0, 0.1) is 5.92 Å². The van der Waals surface area contributed by atoms with Crippen molar-refractivity contribution in [1.29, 1.82) is 0 Å². The Bertz CT molecular complexity index is 377. The normalized spacial score (nSPS) is 25.3. The molecule has 1 saturated heterocycles. The van der Waals surface area contributed by atoms with Crippen LogP contribution in [-0.2, 0) is 4.79 Å². The van der Waals surface area contributed by atoms with E-state index in [4.69, 9.17) is 0 Å². The number of carboxylic acid groups (broad SMARTS) is 1. The minimum atomic E-state index is -0.686. The van der Waals surface area contributed by atoms with Crippen LogP contribution in [0.4, 0.5) is 0 Å². The Morgan fingerprint density at radius 3 is 2.69 bits per heavy atom. The number of hydrogen-bond acceptors (Lipinski definition) is 2. The second-order valence-electron chi connectivity index (χ2n) is 4.10. The quantitative estimate of drug-likeness (QED) is 0.875. The number of rotatable bonds is 2. The molecule has 2 rings (SSSR count). The molecule has 3 nitrogen and oxygen atoms in total. The molecule has 16 heavy (non-hydrogen) atoms. The van der Waals surface area contributed by atoms with E-state index < -0.39 is 5.97 Å². The summed E-state index contributed by atoms with van der Waals surface area (Å²) in [5.74, 6) is -0.865. The van der Waals surface area contributed by atoms with Crippen molar-refractivity contribution in [2.45, 2.75) is 12.3 Å². The monoisotopic (exact) mass is 283 g/mol. The van der Waals surface area contributed by atoms with E-state index in [0.29, 0.717) is 6.42 Å². The Morgan fingerprint density at radius 2 is 2.06 bits per heavy atom. The van der Waals surface area contributed by atoms with Crippen molar-refractivity contribution in [3.05, 3.63) is 34.3 Å². The number of halogens is 1. The lowest BCUT2D eigenvalue weighted by atomic mass is 9.81. The Labute approximate surface area is 103 Å². The number of aliphatic carboxylic acids is 1. The van der Waals surface area contributed by atoms with E-state index in [1.54, 1.807) is 0 Å². The molecule has 0 aliphatic carbocycles. The van der Waals surface area contributed by atoms with Gasteiger partial charge in [0.15, 0.2) is 0 Å². The van der Waals surface area contributed by atoms with Gasteiger partial charge in [-0.05, 0) is 30.7 Å².